The third-order valence-corrected chi connectivity index (χ3v) is 1.09. The maximum Gasteiger partial charge on any atom is 0.125 e. The first-order valence-electron chi connectivity index (χ1n) is 4.38. The fourth-order valence-electron chi connectivity index (χ4n) is 0.902. The fourth-order valence-corrected chi connectivity index (χ4v) is 0.902. The first kappa shape index (κ1) is 12.0. The van der Waals surface area contributed by atoms with Crippen LogP contribution < -0.4 is 0 Å². The Balaban J connectivity index is 0.000000310. The van der Waals surface area contributed by atoms with E-state index in [2.05, 4.69) is 9.97 Å². The van der Waals surface area contributed by atoms with Gasteiger partial charge in [-0.15, -0.1) is 0 Å². The lowest BCUT2D eigenvalue weighted by molar-refractivity contribution is 0.216. The normalized spacial score (nSPS) is 9.46. The van der Waals surface area contributed by atoms with Crippen molar-refractivity contribution in [2.45, 2.75) is 40.7 Å². The van der Waals surface area contributed by atoms with Crippen LogP contribution in [0.15, 0.2) is 6.07 Å². The van der Waals surface area contributed by atoms with Crippen LogP contribution in [0.3, 0.4) is 0 Å². The highest BCUT2D eigenvalue weighted by Gasteiger charge is 1.90. The Hall–Kier alpha value is -0.960. The summed E-state index contributed by atoms with van der Waals surface area (Å²) in [6.07, 6.45) is -0.167. The van der Waals surface area contributed by atoms with Crippen molar-refractivity contribution in [3.8, 4) is 0 Å². The number of hydrogen-bond donors (Lipinski definition) is 1. The Kier molecular flexibility index (Phi) is 5.23. The van der Waals surface area contributed by atoms with Gasteiger partial charge in [-0.2, -0.15) is 0 Å². The summed E-state index contributed by atoms with van der Waals surface area (Å²) in [5, 5.41) is 8.06. The van der Waals surface area contributed by atoms with Crippen LogP contribution in [0.2, 0.25) is 0 Å². The van der Waals surface area contributed by atoms with Crippen LogP contribution in [0.5, 0.6) is 0 Å². The lowest BCUT2D eigenvalue weighted by atomic mass is 10.3. The molecular formula is C10H18N2O. The molecule has 0 bridgehead atoms. The summed E-state index contributed by atoms with van der Waals surface area (Å²) in [6.45, 7) is 9.29. The number of aliphatic hydroxyl groups is 1. The maximum atomic E-state index is 8.06. The Morgan fingerprint density at radius 3 is 1.62 bits per heavy atom. The third kappa shape index (κ3) is 7.40. The summed E-state index contributed by atoms with van der Waals surface area (Å²) < 4.78 is 0. The van der Waals surface area contributed by atoms with E-state index in [-0.39, 0.29) is 6.10 Å². The largest absolute Gasteiger partial charge is 0.394 e. The average Bonchev–Trinajstić information content (AvgIpc) is 1.80. The molecular weight excluding hydrogens is 164 g/mol. The van der Waals surface area contributed by atoms with Crippen LogP contribution in [-0.4, -0.2) is 21.2 Å². The highest BCUT2D eigenvalue weighted by molar-refractivity contribution is 5.07. The van der Waals surface area contributed by atoms with E-state index >= 15 is 0 Å². The molecule has 0 fully saturated rings. The van der Waals surface area contributed by atoms with Gasteiger partial charge in [-0.25, -0.2) is 9.97 Å². The Bertz CT molecular complexity index is 206. The molecule has 1 N–H and O–H groups in total. The Morgan fingerprint density at radius 1 is 1.08 bits per heavy atom. The van der Waals surface area contributed by atoms with E-state index in [1.54, 1.807) is 13.8 Å². The molecule has 0 unspecified atom stereocenters. The monoisotopic (exact) mass is 182 g/mol. The quantitative estimate of drug-likeness (QED) is 0.665. The minimum Gasteiger partial charge on any atom is -0.394 e. The molecule has 1 heterocycles. The molecule has 0 aromatic carbocycles. The average molecular weight is 182 g/mol. The minimum atomic E-state index is -0.167. The number of aromatic nitrogens is 2. The van der Waals surface area contributed by atoms with Crippen molar-refractivity contribution >= 4 is 0 Å². The van der Waals surface area contributed by atoms with Crippen LogP contribution in [-0.2, 0) is 0 Å². The highest BCUT2D eigenvalue weighted by atomic mass is 16.3. The van der Waals surface area contributed by atoms with E-state index in [9.17, 15) is 0 Å². The smallest absolute Gasteiger partial charge is 0.125 e. The summed E-state index contributed by atoms with van der Waals surface area (Å²) in [5.41, 5.74) is 2.08. The molecule has 0 radical (unpaired) electrons. The summed E-state index contributed by atoms with van der Waals surface area (Å²) in [6, 6.07) is 1.97. The van der Waals surface area contributed by atoms with Gasteiger partial charge in [-0.3, -0.25) is 0 Å². The lowest BCUT2D eigenvalue weighted by Gasteiger charge is -1.95. The van der Waals surface area contributed by atoms with Crippen molar-refractivity contribution in [1.29, 1.82) is 0 Å². The zero-order chi connectivity index (χ0) is 10.4. The third-order valence-electron chi connectivity index (χ3n) is 1.09. The van der Waals surface area contributed by atoms with Crippen LogP contribution in [0.1, 0.15) is 31.1 Å². The van der Waals surface area contributed by atoms with Gasteiger partial charge in [0.15, 0.2) is 0 Å². The van der Waals surface area contributed by atoms with Crippen LogP contribution in [0, 0.1) is 20.8 Å². The van der Waals surface area contributed by atoms with E-state index in [4.69, 9.17) is 5.11 Å². The molecule has 0 aliphatic carbocycles. The Labute approximate surface area is 79.9 Å². The van der Waals surface area contributed by atoms with Gasteiger partial charge in [0.2, 0.25) is 0 Å². The zero-order valence-electron chi connectivity index (χ0n) is 9.00. The molecule has 0 aliphatic rings. The lowest BCUT2D eigenvalue weighted by Crippen LogP contribution is -1.91. The van der Waals surface area contributed by atoms with E-state index < -0.39 is 0 Å². The van der Waals surface area contributed by atoms with Crippen LogP contribution >= 0.6 is 0 Å². The molecule has 0 aliphatic heterocycles. The van der Waals surface area contributed by atoms with Gasteiger partial charge in [0, 0.05) is 17.5 Å². The first-order chi connectivity index (χ1) is 5.91. The van der Waals surface area contributed by atoms with E-state index in [0.717, 1.165) is 17.2 Å². The minimum absolute atomic E-state index is 0.167. The van der Waals surface area contributed by atoms with E-state index in [0.29, 0.717) is 0 Å². The van der Waals surface area contributed by atoms with Gasteiger partial charge < -0.3 is 5.11 Å². The van der Waals surface area contributed by atoms with Crippen molar-refractivity contribution < 1.29 is 5.11 Å². The topological polar surface area (TPSA) is 46.0 Å². The van der Waals surface area contributed by atoms with Crippen molar-refractivity contribution in [2.75, 3.05) is 0 Å². The summed E-state index contributed by atoms with van der Waals surface area (Å²) >= 11 is 0. The van der Waals surface area contributed by atoms with Gasteiger partial charge in [0.05, 0.1) is 0 Å². The second-order valence-electron chi connectivity index (χ2n) is 3.29. The molecule has 0 saturated heterocycles. The standard InChI is InChI=1S/C7H10N2.C3H8O/c1-5-4-6(2)9-7(3)8-5;1-3(2)4/h4H,1-3H3;3-4H,1-2H3. The molecule has 3 heteroatoms. The molecule has 0 spiro atoms. The van der Waals surface area contributed by atoms with Crippen LogP contribution in [0.25, 0.3) is 0 Å². The van der Waals surface area contributed by atoms with Crippen molar-refractivity contribution in [3.63, 3.8) is 0 Å². The second-order valence-corrected chi connectivity index (χ2v) is 3.29. The van der Waals surface area contributed by atoms with Gasteiger partial charge in [0.1, 0.15) is 5.82 Å². The SMILES string of the molecule is CC(C)O.Cc1cc(C)nc(C)n1. The van der Waals surface area contributed by atoms with E-state index in [1.807, 2.05) is 26.8 Å². The van der Waals surface area contributed by atoms with Gasteiger partial charge in [-0.05, 0) is 40.7 Å². The molecule has 74 valence electrons. The van der Waals surface area contributed by atoms with Gasteiger partial charge >= 0.3 is 0 Å². The Morgan fingerprint density at radius 2 is 1.38 bits per heavy atom. The first-order valence-corrected chi connectivity index (χ1v) is 4.38. The van der Waals surface area contributed by atoms with Gasteiger partial charge in [-0.1, -0.05) is 0 Å². The number of hydrogen-bond acceptors (Lipinski definition) is 3. The second kappa shape index (κ2) is 5.65. The van der Waals surface area contributed by atoms with Crippen molar-refractivity contribution in [1.82, 2.24) is 9.97 Å². The predicted molar refractivity (Wildman–Crippen MR) is 53.6 cm³/mol. The van der Waals surface area contributed by atoms with E-state index in [1.165, 1.54) is 0 Å². The number of aryl methyl sites for hydroxylation is 3. The number of rotatable bonds is 0. The number of aliphatic hydroxyl groups excluding tert-OH is 1. The highest BCUT2D eigenvalue weighted by Crippen LogP contribution is 1.96. The fraction of sp³-hybridized carbons (Fsp3) is 0.600. The van der Waals surface area contributed by atoms with Crippen LogP contribution in [0.4, 0.5) is 0 Å². The molecule has 1 aromatic rings. The summed E-state index contributed by atoms with van der Waals surface area (Å²) in [4.78, 5) is 8.25. The van der Waals surface area contributed by atoms with Gasteiger partial charge in [0.25, 0.3) is 0 Å². The summed E-state index contributed by atoms with van der Waals surface area (Å²) in [5.74, 6) is 0.854. The predicted octanol–water partition coefficient (Wildman–Crippen LogP) is 1.79. The molecule has 0 saturated carbocycles. The van der Waals surface area contributed by atoms with Crippen molar-refractivity contribution in [2.24, 2.45) is 0 Å². The number of nitrogens with zero attached hydrogens (tertiary/aromatic N) is 2. The molecule has 0 atom stereocenters. The molecule has 1 aromatic heterocycles. The zero-order valence-corrected chi connectivity index (χ0v) is 9.00. The molecule has 0 amide bonds. The summed E-state index contributed by atoms with van der Waals surface area (Å²) in [7, 11) is 0. The molecule has 1 rings (SSSR count). The van der Waals surface area contributed by atoms with Crippen molar-refractivity contribution in [3.05, 3.63) is 23.3 Å². The maximum absolute atomic E-state index is 8.06. The molecule has 13 heavy (non-hydrogen) atoms. The molecule has 3 nitrogen and oxygen atoms in total.